The largest absolute Gasteiger partial charge is 0.506 e. The van der Waals surface area contributed by atoms with E-state index in [4.69, 9.17) is 28.4 Å². The minimum atomic E-state index is -1.75. The summed E-state index contributed by atoms with van der Waals surface area (Å²) < 4.78 is 35.5. The number of amides is 1. The van der Waals surface area contributed by atoms with Crippen molar-refractivity contribution in [2.45, 2.75) is 131 Å². The molecule has 0 radical (unpaired) electrons. The van der Waals surface area contributed by atoms with Crippen molar-refractivity contribution in [3.63, 3.8) is 0 Å². The maximum atomic E-state index is 13.9. The van der Waals surface area contributed by atoms with E-state index in [9.17, 15) is 45.3 Å². The number of nitrogens with one attached hydrogen (secondary N) is 1. The fourth-order valence-corrected chi connectivity index (χ4v) is 7.17. The molecule has 56 heavy (non-hydrogen) atoms. The van der Waals surface area contributed by atoms with Gasteiger partial charge in [-0.15, -0.1) is 0 Å². The normalized spacial score (nSPS) is 31.3. The molecule has 3 aliphatic heterocycles. The summed E-state index contributed by atoms with van der Waals surface area (Å²) in [6, 6.07) is 18.4. The van der Waals surface area contributed by atoms with Crippen molar-refractivity contribution >= 4 is 11.9 Å². The Bertz CT molecular complexity index is 1490. The lowest BCUT2D eigenvalue weighted by Gasteiger charge is -2.46. The van der Waals surface area contributed by atoms with Gasteiger partial charge in [0.1, 0.15) is 55.1 Å². The van der Waals surface area contributed by atoms with Crippen LogP contribution in [0.25, 0.3) is 0 Å². The number of benzene rings is 2. The van der Waals surface area contributed by atoms with Gasteiger partial charge < -0.3 is 69.5 Å². The highest BCUT2D eigenvalue weighted by atomic mass is 16.7. The molecule has 0 spiro atoms. The Morgan fingerprint density at radius 3 is 2.12 bits per heavy atom. The topological polar surface area (TPSA) is 243 Å². The molecule has 2 aromatic rings. The second-order valence-electron chi connectivity index (χ2n) is 14.3. The average molecular weight is 790 g/mol. The first-order valence-corrected chi connectivity index (χ1v) is 19.2. The van der Waals surface area contributed by atoms with Crippen LogP contribution in [0.4, 0.5) is 0 Å². The molecule has 0 saturated carbocycles. The van der Waals surface area contributed by atoms with Crippen molar-refractivity contribution < 1.29 is 73.8 Å². The SMILES string of the molecule is CCCCCCCC(OC1C(O)C(CO)OC(OC2CCOC(CNC(=O)C(c3ccccc3)c3ccccc3)C2OC2OC=C(O)C(O)C2O)C1O)C(=O)O. The Balaban J connectivity index is 1.35. The first-order chi connectivity index (χ1) is 27.0. The Kier molecular flexibility index (Phi) is 16.4. The van der Waals surface area contributed by atoms with Crippen molar-refractivity contribution in [1.82, 2.24) is 5.32 Å². The van der Waals surface area contributed by atoms with E-state index in [1.54, 1.807) is 0 Å². The smallest absolute Gasteiger partial charge is 0.332 e. The van der Waals surface area contributed by atoms with Crippen molar-refractivity contribution in [3.05, 3.63) is 83.8 Å². The first kappa shape index (κ1) is 43.4. The standard InChI is InChI=1S/C40H55NO15/c1-2-3-4-5-12-17-27(38(49)50)53-36-32(45)29(21-42)55-40(34(36)47)54-26-18-19-51-28(35(26)56-39-33(46)31(44)25(43)22-52-39)20-41-37(48)30(23-13-8-6-9-14-23)24-15-10-7-11-16-24/h6-11,13-16,22,26-36,39-40,42-47H,2-5,12,17-21H2,1H3,(H,41,48)(H,49,50). The van der Waals surface area contributed by atoms with Gasteiger partial charge in [0.15, 0.2) is 18.2 Å². The molecule has 2 aromatic carbocycles. The molecule has 12 atom stereocenters. The van der Waals surface area contributed by atoms with E-state index in [0.29, 0.717) is 6.42 Å². The molecule has 5 rings (SSSR count). The van der Waals surface area contributed by atoms with Crippen LogP contribution < -0.4 is 5.32 Å². The van der Waals surface area contributed by atoms with Crippen LogP contribution in [0.3, 0.4) is 0 Å². The van der Waals surface area contributed by atoms with Gasteiger partial charge in [-0.25, -0.2) is 4.79 Å². The number of hydrogen-bond donors (Lipinski definition) is 8. The molecule has 2 saturated heterocycles. The third-order valence-electron chi connectivity index (χ3n) is 10.3. The predicted molar refractivity (Wildman–Crippen MR) is 197 cm³/mol. The number of carbonyl (C=O) groups is 2. The minimum absolute atomic E-state index is 0.0666. The maximum absolute atomic E-state index is 13.9. The summed E-state index contributed by atoms with van der Waals surface area (Å²) in [7, 11) is 0. The number of aliphatic carboxylic acids is 1. The van der Waals surface area contributed by atoms with Crippen LogP contribution >= 0.6 is 0 Å². The van der Waals surface area contributed by atoms with Crippen LogP contribution in [-0.2, 0) is 38.0 Å². The van der Waals surface area contributed by atoms with E-state index in [1.165, 1.54) is 0 Å². The van der Waals surface area contributed by atoms with Crippen LogP contribution in [0.5, 0.6) is 0 Å². The molecule has 2 fully saturated rings. The predicted octanol–water partition coefficient (Wildman–Crippen LogP) is 1.61. The van der Waals surface area contributed by atoms with Crippen LogP contribution in [0, 0.1) is 0 Å². The monoisotopic (exact) mass is 789 g/mol. The van der Waals surface area contributed by atoms with Gasteiger partial charge in [-0.2, -0.15) is 0 Å². The van der Waals surface area contributed by atoms with Crippen LogP contribution in [0.1, 0.15) is 68.9 Å². The first-order valence-electron chi connectivity index (χ1n) is 19.2. The molecule has 3 aliphatic rings. The zero-order valence-electron chi connectivity index (χ0n) is 31.3. The van der Waals surface area contributed by atoms with Crippen molar-refractivity contribution in [2.24, 2.45) is 0 Å². The second-order valence-corrected chi connectivity index (χ2v) is 14.3. The lowest BCUT2D eigenvalue weighted by atomic mass is 9.90. The zero-order valence-corrected chi connectivity index (χ0v) is 31.3. The van der Waals surface area contributed by atoms with Gasteiger partial charge >= 0.3 is 5.97 Å². The molecule has 1 amide bonds. The number of aliphatic hydroxyl groups excluding tert-OH is 6. The third kappa shape index (κ3) is 11.0. The number of aliphatic hydroxyl groups is 6. The molecule has 8 N–H and O–H groups in total. The number of carbonyl (C=O) groups excluding carboxylic acids is 1. The van der Waals surface area contributed by atoms with Gasteiger partial charge in [-0.1, -0.05) is 99.7 Å². The van der Waals surface area contributed by atoms with Crippen LogP contribution in [-0.4, -0.2) is 141 Å². The van der Waals surface area contributed by atoms with E-state index >= 15 is 0 Å². The lowest BCUT2D eigenvalue weighted by Crippen LogP contribution is -2.63. The summed E-state index contributed by atoms with van der Waals surface area (Å²) in [6.07, 6.45) is -12.1. The van der Waals surface area contributed by atoms with E-state index in [1.807, 2.05) is 60.7 Å². The molecule has 310 valence electrons. The lowest BCUT2D eigenvalue weighted by molar-refractivity contribution is -0.343. The highest BCUT2D eigenvalue weighted by Crippen LogP contribution is 2.32. The summed E-state index contributed by atoms with van der Waals surface area (Å²) in [4.78, 5) is 26.1. The van der Waals surface area contributed by atoms with E-state index in [-0.39, 0.29) is 31.9 Å². The molecule has 0 aromatic heterocycles. The van der Waals surface area contributed by atoms with E-state index in [2.05, 4.69) is 12.2 Å². The van der Waals surface area contributed by atoms with Gasteiger partial charge in [0.2, 0.25) is 12.2 Å². The number of rotatable bonds is 19. The van der Waals surface area contributed by atoms with Crippen molar-refractivity contribution in [3.8, 4) is 0 Å². The molecule has 12 unspecified atom stereocenters. The number of hydrogen-bond acceptors (Lipinski definition) is 14. The maximum Gasteiger partial charge on any atom is 0.332 e. The van der Waals surface area contributed by atoms with E-state index < -0.39 is 97.9 Å². The molecule has 16 nitrogen and oxygen atoms in total. The molecule has 0 aliphatic carbocycles. The molecule has 0 bridgehead atoms. The summed E-state index contributed by atoms with van der Waals surface area (Å²) >= 11 is 0. The molecular formula is C40H55NO15. The quantitative estimate of drug-likeness (QED) is 0.0943. The number of carboxylic acids is 1. The van der Waals surface area contributed by atoms with Gasteiger partial charge in [-0.05, 0) is 24.0 Å². The fourth-order valence-electron chi connectivity index (χ4n) is 7.17. The Morgan fingerprint density at radius 2 is 1.50 bits per heavy atom. The number of carboxylic acid groups (broad SMARTS) is 1. The molecule has 16 heteroatoms. The average Bonchev–Trinajstić information content (AvgIpc) is 3.20. The summed E-state index contributed by atoms with van der Waals surface area (Å²) in [6.45, 7) is 1.28. The van der Waals surface area contributed by atoms with Gasteiger partial charge in [0.05, 0.1) is 18.6 Å². The molecule has 3 heterocycles. The van der Waals surface area contributed by atoms with Gasteiger partial charge in [0.25, 0.3) is 0 Å². The Morgan fingerprint density at radius 1 is 0.839 bits per heavy atom. The fraction of sp³-hybridized carbons (Fsp3) is 0.600. The summed E-state index contributed by atoms with van der Waals surface area (Å²) in [5.74, 6) is -2.94. The van der Waals surface area contributed by atoms with Crippen LogP contribution in [0.15, 0.2) is 72.7 Å². The van der Waals surface area contributed by atoms with Crippen LogP contribution in [0.2, 0.25) is 0 Å². The summed E-state index contributed by atoms with van der Waals surface area (Å²) in [5, 5.41) is 76.5. The Labute approximate surface area is 325 Å². The zero-order chi connectivity index (χ0) is 40.2. The van der Waals surface area contributed by atoms with Crippen molar-refractivity contribution in [1.29, 1.82) is 0 Å². The molecular weight excluding hydrogens is 734 g/mol. The second kappa shape index (κ2) is 21.2. The van der Waals surface area contributed by atoms with Crippen molar-refractivity contribution in [2.75, 3.05) is 19.8 Å². The number of unbranched alkanes of at least 4 members (excludes halogenated alkanes) is 4. The third-order valence-corrected chi connectivity index (χ3v) is 10.3. The van der Waals surface area contributed by atoms with Gasteiger partial charge in [-0.3, -0.25) is 4.79 Å². The highest BCUT2D eigenvalue weighted by molar-refractivity contribution is 5.87. The Hall–Kier alpha value is -3.68. The highest BCUT2D eigenvalue weighted by Gasteiger charge is 2.50. The summed E-state index contributed by atoms with van der Waals surface area (Å²) in [5.41, 5.74) is 1.49. The number of ether oxygens (including phenoxy) is 6. The van der Waals surface area contributed by atoms with Gasteiger partial charge in [0, 0.05) is 13.2 Å². The van der Waals surface area contributed by atoms with E-state index in [0.717, 1.165) is 43.1 Å². The minimum Gasteiger partial charge on any atom is -0.506 e.